The van der Waals surface area contributed by atoms with Crippen LogP contribution in [0, 0.1) is 5.92 Å². The van der Waals surface area contributed by atoms with E-state index in [0.29, 0.717) is 19.1 Å². The lowest BCUT2D eigenvalue weighted by Crippen LogP contribution is -2.48. The molecule has 3 N–H and O–H groups in total. The van der Waals surface area contributed by atoms with Gasteiger partial charge < -0.3 is 15.8 Å². The molecular formula is C11H22N2O2. The summed E-state index contributed by atoms with van der Waals surface area (Å²) in [6, 6.07) is 0.0129. The third-order valence-electron chi connectivity index (χ3n) is 3.05. The van der Waals surface area contributed by atoms with E-state index in [1.165, 1.54) is 0 Å². The zero-order chi connectivity index (χ0) is 11.5. The van der Waals surface area contributed by atoms with Gasteiger partial charge in [0.05, 0.1) is 0 Å². The van der Waals surface area contributed by atoms with Crippen LogP contribution in [-0.4, -0.2) is 30.7 Å². The Labute approximate surface area is 91.5 Å². The van der Waals surface area contributed by atoms with Crippen LogP contribution in [0.5, 0.6) is 0 Å². The third-order valence-corrected chi connectivity index (χ3v) is 3.05. The predicted molar refractivity (Wildman–Crippen MR) is 59.4 cm³/mol. The van der Waals surface area contributed by atoms with Gasteiger partial charge in [0.1, 0.15) is 5.60 Å². The molecule has 0 radical (unpaired) electrons. The minimum atomic E-state index is -0.628. The van der Waals surface area contributed by atoms with E-state index in [1.807, 2.05) is 20.8 Å². The molecule has 0 bridgehead atoms. The average molecular weight is 214 g/mol. The molecule has 1 amide bonds. The zero-order valence-corrected chi connectivity index (χ0v) is 9.88. The molecule has 0 saturated carbocycles. The van der Waals surface area contributed by atoms with E-state index < -0.39 is 5.60 Å². The van der Waals surface area contributed by atoms with E-state index in [4.69, 9.17) is 10.5 Å². The van der Waals surface area contributed by atoms with E-state index in [-0.39, 0.29) is 11.9 Å². The molecule has 0 aromatic carbocycles. The summed E-state index contributed by atoms with van der Waals surface area (Å²) in [7, 11) is 0. The van der Waals surface area contributed by atoms with Gasteiger partial charge in [0.2, 0.25) is 0 Å². The Kier molecular flexibility index (Phi) is 4.11. The van der Waals surface area contributed by atoms with Crippen molar-refractivity contribution in [2.75, 3.05) is 13.2 Å². The number of nitrogens with two attached hydrogens (primary N) is 1. The highest BCUT2D eigenvalue weighted by molar-refractivity contribution is 5.85. The summed E-state index contributed by atoms with van der Waals surface area (Å²) in [6.45, 7) is 7.14. The van der Waals surface area contributed by atoms with Crippen LogP contribution in [0.25, 0.3) is 0 Å². The Morgan fingerprint density at radius 3 is 2.73 bits per heavy atom. The molecule has 15 heavy (non-hydrogen) atoms. The van der Waals surface area contributed by atoms with E-state index in [0.717, 1.165) is 12.8 Å². The lowest BCUT2D eigenvalue weighted by atomic mass is 10.0. The maximum absolute atomic E-state index is 11.8. The molecule has 0 spiro atoms. The minimum absolute atomic E-state index is 0.0129. The summed E-state index contributed by atoms with van der Waals surface area (Å²) < 4.78 is 5.44. The first-order valence-electron chi connectivity index (χ1n) is 5.63. The fraction of sp³-hybridized carbons (Fsp3) is 0.909. The number of nitrogens with one attached hydrogen (secondary N) is 1. The van der Waals surface area contributed by atoms with Crippen molar-refractivity contribution in [2.45, 2.75) is 45.3 Å². The van der Waals surface area contributed by atoms with E-state index in [2.05, 4.69) is 5.32 Å². The van der Waals surface area contributed by atoms with Crippen LogP contribution in [0.2, 0.25) is 0 Å². The summed E-state index contributed by atoms with van der Waals surface area (Å²) in [6.07, 6.45) is 1.76. The quantitative estimate of drug-likeness (QED) is 0.722. The largest absolute Gasteiger partial charge is 0.365 e. The van der Waals surface area contributed by atoms with Gasteiger partial charge in [0.15, 0.2) is 0 Å². The molecule has 0 aromatic heterocycles. The minimum Gasteiger partial charge on any atom is -0.365 e. The molecule has 2 atom stereocenters. The van der Waals surface area contributed by atoms with Crippen LogP contribution in [0.3, 0.4) is 0 Å². The van der Waals surface area contributed by atoms with Gasteiger partial charge in [0, 0.05) is 19.2 Å². The second kappa shape index (κ2) is 4.94. The van der Waals surface area contributed by atoms with Crippen molar-refractivity contribution in [2.24, 2.45) is 11.7 Å². The standard InChI is InChI=1S/C11H22N2O2/c1-8(2)9(12)7-13-10(14)11(3)5-4-6-15-11/h8-9H,4-7,12H2,1-3H3,(H,13,14). The summed E-state index contributed by atoms with van der Waals surface area (Å²) >= 11 is 0. The van der Waals surface area contributed by atoms with Gasteiger partial charge in [-0.05, 0) is 25.7 Å². The molecule has 0 aromatic rings. The van der Waals surface area contributed by atoms with Gasteiger partial charge in [-0.25, -0.2) is 0 Å². The lowest BCUT2D eigenvalue weighted by Gasteiger charge is -2.24. The van der Waals surface area contributed by atoms with Gasteiger partial charge in [-0.2, -0.15) is 0 Å². The van der Waals surface area contributed by atoms with E-state index in [9.17, 15) is 4.79 Å². The first-order valence-corrected chi connectivity index (χ1v) is 5.63. The van der Waals surface area contributed by atoms with E-state index in [1.54, 1.807) is 0 Å². The Hall–Kier alpha value is -0.610. The van der Waals surface area contributed by atoms with Crippen LogP contribution >= 0.6 is 0 Å². The fourth-order valence-electron chi connectivity index (χ4n) is 1.59. The van der Waals surface area contributed by atoms with Gasteiger partial charge in [-0.1, -0.05) is 13.8 Å². The van der Waals surface area contributed by atoms with E-state index >= 15 is 0 Å². The topological polar surface area (TPSA) is 64.3 Å². The maximum Gasteiger partial charge on any atom is 0.252 e. The molecule has 4 heteroatoms. The number of hydrogen-bond acceptors (Lipinski definition) is 3. The number of carbonyl (C=O) groups is 1. The molecule has 2 unspecified atom stereocenters. The highest BCUT2D eigenvalue weighted by Crippen LogP contribution is 2.24. The van der Waals surface area contributed by atoms with Crippen LogP contribution in [-0.2, 0) is 9.53 Å². The molecule has 1 saturated heterocycles. The molecule has 1 heterocycles. The van der Waals surface area contributed by atoms with Crippen molar-refractivity contribution in [1.29, 1.82) is 0 Å². The number of ether oxygens (including phenoxy) is 1. The molecule has 1 rings (SSSR count). The van der Waals surface area contributed by atoms with Crippen LogP contribution in [0.1, 0.15) is 33.6 Å². The van der Waals surface area contributed by atoms with Crippen molar-refractivity contribution in [3.05, 3.63) is 0 Å². The van der Waals surface area contributed by atoms with Crippen molar-refractivity contribution < 1.29 is 9.53 Å². The van der Waals surface area contributed by atoms with Gasteiger partial charge in [-0.3, -0.25) is 4.79 Å². The second-order valence-corrected chi connectivity index (χ2v) is 4.80. The summed E-state index contributed by atoms with van der Waals surface area (Å²) in [4.78, 5) is 11.8. The molecule has 1 aliphatic rings. The zero-order valence-electron chi connectivity index (χ0n) is 9.88. The normalized spacial score (nSPS) is 28.1. The number of hydrogen-bond donors (Lipinski definition) is 2. The number of carbonyl (C=O) groups excluding carboxylic acids is 1. The highest BCUT2D eigenvalue weighted by Gasteiger charge is 2.37. The predicted octanol–water partition coefficient (Wildman–Crippen LogP) is 0.655. The van der Waals surface area contributed by atoms with Crippen molar-refractivity contribution in [3.63, 3.8) is 0 Å². The Bertz CT molecular complexity index is 223. The first-order chi connectivity index (χ1) is 6.96. The number of amides is 1. The van der Waals surface area contributed by atoms with Crippen LogP contribution < -0.4 is 11.1 Å². The maximum atomic E-state index is 11.8. The third kappa shape index (κ3) is 3.18. The SMILES string of the molecule is CC(C)C(N)CNC(=O)C1(C)CCCO1. The Morgan fingerprint density at radius 2 is 2.27 bits per heavy atom. The molecule has 0 aliphatic carbocycles. The smallest absolute Gasteiger partial charge is 0.252 e. The summed E-state index contributed by atoms with van der Waals surface area (Å²) in [5.74, 6) is 0.346. The van der Waals surface area contributed by atoms with Gasteiger partial charge >= 0.3 is 0 Å². The Morgan fingerprint density at radius 1 is 1.60 bits per heavy atom. The molecule has 4 nitrogen and oxygen atoms in total. The molecule has 1 aliphatic heterocycles. The number of rotatable bonds is 4. The average Bonchev–Trinajstić information content (AvgIpc) is 2.62. The Balaban J connectivity index is 2.35. The second-order valence-electron chi connectivity index (χ2n) is 4.80. The van der Waals surface area contributed by atoms with Crippen molar-refractivity contribution in [1.82, 2.24) is 5.32 Å². The van der Waals surface area contributed by atoms with Crippen molar-refractivity contribution in [3.8, 4) is 0 Å². The highest BCUT2D eigenvalue weighted by atomic mass is 16.5. The van der Waals surface area contributed by atoms with Gasteiger partial charge in [0.25, 0.3) is 5.91 Å². The first kappa shape index (κ1) is 12.5. The fourth-order valence-corrected chi connectivity index (χ4v) is 1.59. The van der Waals surface area contributed by atoms with Crippen LogP contribution in [0.15, 0.2) is 0 Å². The van der Waals surface area contributed by atoms with Crippen molar-refractivity contribution >= 4 is 5.91 Å². The summed E-state index contributed by atoms with van der Waals surface area (Å²) in [5, 5.41) is 2.86. The molecule has 88 valence electrons. The monoisotopic (exact) mass is 214 g/mol. The molecule has 1 fully saturated rings. The molecular weight excluding hydrogens is 192 g/mol. The van der Waals surface area contributed by atoms with Crippen LogP contribution in [0.4, 0.5) is 0 Å². The summed E-state index contributed by atoms with van der Waals surface area (Å²) in [5.41, 5.74) is 5.22. The van der Waals surface area contributed by atoms with Gasteiger partial charge in [-0.15, -0.1) is 0 Å². The lowest BCUT2D eigenvalue weighted by molar-refractivity contribution is -0.139.